The minimum absolute atomic E-state index is 0.0863. The molecule has 0 saturated carbocycles. The molecule has 2 rings (SSSR count). The molecule has 0 aliphatic heterocycles. The Hall–Kier alpha value is -1.25. The maximum absolute atomic E-state index is 13.0. The van der Waals surface area contributed by atoms with E-state index in [1.807, 2.05) is 22.6 Å². The molecule has 2 N–H and O–H groups in total. The van der Waals surface area contributed by atoms with Crippen molar-refractivity contribution in [2.75, 3.05) is 5.73 Å². The van der Waals surface area contributed by atoms with Gasteiger partial charge in [0.1, 0.15) is 5.82 Å². The van der Waals surface area contributed by atoms with Crippen LogP contribution in [0.25, 0.3) is 0 Å². The number of anilines is 1. The third kappa shape index (κ3) is 2.38. The largest absolute Gasteiger partial charge is 0.383 e. The lowest BCUT2D eigenvalue weighted by molar-refractivity contribution is 0.444. The van der Waals surface area contributed by atoms with E-state index in [1.54, 1.807) is 0 Å². The van der Waals surface area contributed by atoms with Crippen molar-refractivity contribution in [3.63, 3.8) is 0 Å². The predicted octanol–water partition coefficient (Wildman–Crippen LogP) is 2.54. The van der Waals surface area contributed by atoms with E-state index in [0.717, 1.165) is 15.7 Å². The van der Waals surface area contributed by atoms with Gasteiger partial charge < -0.3 is 5.73 Å². The first-order valence-electron chi connectivity index (χ1n) is 4.59. The summed E-state index contributed by atoms with van der Waals surface area (Å²) in [5, 5.41) is 3.94. The Morgan fingerprint density at radius 3 is 2.29 bits per heavy atom. The van der Waals surface area contributed by atoms with Crippen LogP contribution in [0.1, 0.15) is 5.56 Å². The summed E-state index contributed by atoms with van der Waals surface area (Å²) in [5.74, 6) is -3.52. The molecule has 0 saturated heterocycles. The van der Waals surface area contributed by atoms with Crippen LogP contribution in [0.3, 0.4) is 0 Å². The SMILES string of the molecule is Nc1c(I)cnn1Cc1cc(F)c(F)c(F)c1. The van der Waals surface area contributed by atoms with Crippen LogP contribution in [0.15, 0.2) is 18.3 Å². The van der Waals surface area contributed by atoms with Crippen molar-refractivity contribution >= 4 is 28.4 Å². The van der Waals surface area contributed by atoms with Crippen molar-refractivity contribution in [1.82, 2.24) is 9.78 Å². The van der Waals surface area contributed by atoms with E-state index in [4.69, 9.17) is 5.73 Å². The number of rotatable bonds is 2. The number of hydrogen-bond donors (Lipinski definition) is 1. The Bertz CT molecular complexity index is 545. The molecule has 0 aliphatic rings. The van der Waals surface area contributed by atoms with Gasteiger partial charge in [-0.15, -0.1) is 0 Å². The normalized spacial score (nSPS) is 10.8. The molecule has 1 heterocycles. The second-order valence-corrected chi connectivity index (χ2v) is 4.57. The maximum atomic E-state index is 13.0. The van der Waals surface area contributed by atoms with Crippen LogP contribution in [0.5, 0.6) is 0 Å². The number of nitrogens with two attached hydrogens (primary N) is 1. The fourth-order valence-corrected chi connectivity index (χ4v) is 1.77. The molecule has 0 radical (unpaired) electrons. The summed E-state index contributed by atoms with van der Waals surface area (Å²) in [4.78, 5) is 0. The topological polar surface area (TPSA) is 43.8 Å². The minimum Gasteiger partial charge on any atom is -0.383 e. The number of nitrogens with zero attached hydrogens (tertiary/aromatic N) is 2. The number of halogens is 4. The van der Waals surface area contributed by atoms with Crippen LogP contribution in [0.4, 0.5) is 19.0 Å². The van der Waals surface area contributed by atoms with Crippen molar-refractivity contribution in [2.45, 2.75) is 6.54 Å². The van der Waals surface area contributed by atoms with E-state index in [0.29, 0.717) is 5.82 Å². The maximum Gasteiger partial charge on any atom is 0.194 e. The molecule has 0 atom stereocenters. The first kappa shape index (κ1) is 12.2. The Balaban J connectivity index is 2.34. The lowest BCUT2D eigenvalue weighted by Gasteiger charge is -2.05. The summed E-state index contributed by atoms with van der Waals surface area (Å²) in [6, 6.07) is 1.85. The van der Waals surface area contributed by atoms with Gasteiger partial charge in [0.2, 0.25) is 0 Å². The number of benzene rings is 1. The van der Waals surface area contributed by atoms with Gasteiger partial charge in [-0.05, 0) is 40.3 Å². The molecule has 17 heavy (non-hydrogen) atoms. The molecule has 0 spiro atoms. The highest BCUT2D eigenvalue weighted by Crippen LogP contribution is 2.18. The van der Waals surface area contributed by atoms with Crippen molar-refractivity contribution < 1.29 is 13.2 Å². The molecule has 1 aromatic carbocycles. The standard InChI is InChI=1S/C10H7F3IN3/c11-6-1-5(2-7(12)9(6)13)4-17-10(15)8(14)3-16-17/h1-3H,4,15H2. The molecule has 90 valence electrons. The smallest absolute Gasteiger partial charge is 0.194 e. The van der Waals surface area contributed by atoms with Crippen LogP contribution in [0.2, 0.25) is 0 Å². The minimum atomic E-state index is -1.48. The van der Waals surface area contributed by atoms with Gasteiger partial charge in [-0.25, -0.2) is 17.9 Å². The molecule has 1 aromatic heterocycles. The van der Waals surface area contributed by atoms with E-state index in [2.05, 4.69) is 5.10 Å². The molecule has 0 bridgehead atoms. The Kier molecular flexibility index (Phi) is 3.27. The van der Waals surface area contributed by atoms with Crippen LogP contribution in [-0.4, -0.2) is 9.78 Å². The second-order valence-electron chi connectivity index (χ2n) is 3.41. The fraction of sp³-hybridized carbons (Fsp3) is 0.100. The third-order valence-electron chi connectivity index (χ3n) is 2.21. The zero-order valence-corrected chi connectivity index (χ0v) is 10.6. The quantitative estimate of drug-likeness (QED) is 0.666. The number of hydrogen-bond acceptors (Lipinski definition) is 2. The zero-order valence-electron chi connectivity index (χ0n) is 8.42. The molecule has 0 amide bonds. The molecular weight excluding hydrogens is 346 g/mol. The van der Waals surface area contributed by atoms with Crippen molar-refractivity contribution in [1.29, 1.82) is 0 Å². The Labute approximate surface area is 109 Å². The van der Waals surface area contributed by atoms with Gasteiger partial charge in [-0.1, -0.05) is 0 Å². The monoisotopic (exact) mass is 353 g/mol. The summed E-state index contributed by atoms with van der Waals surface area (Å²) < 4.78 is 40.8. The summed E-state index contributed by atoms with van der Waals surface area (Å²) in [6.07, 6.45) is 1.53. The van der Waals surface area contributed by atoms with E-state index < -0.39 is 17.5 Å². The van der Waals surface area contributed by atoms with Gasteiger partial charge in [0.05, 0.1) is 16.3 Å². The number of aromatic nitrogens is 2. The zero-order chi connectivity index (χ0) is 12.6. The second kappa shape index (κ2) is 4.55. The van der Waals surface area contributed by atoms with Crippen LogP contribution < -0.4 is 5.73 Å². The Morgan fingerprint density at radius 2 is 1.82 bits per heavy atom. The first-order chi connectivity index (χ1) is 7.99. The molecule has 3 nitrogen and oxygen atoms in total. The highest BCUT2D eigenvalue weighted by atomic mass is 127. The summed E-state index contributed by atoms with van der Waals surface area (Å²) in [7, 11) is 0. The van der Waals surface area contributed by atoms with E-state index in [1.165, 1.54) is 10.9 Å². The van der Waals surface area contributed by atoms with Crippen molar-refractivity contribution in [2.24, 2.45) is 0 Å². The third-order valence-corrected chi connectivity index (χ3v) is 3.04. The molecule has 2 aromatic rings. The molecule has 0 fully saturated rings. The van der Waals surface area contributed by atoms with Gasteiger partial charge in [-0.2, -0.15) is 5.10 Å². The van der Waals surface area contributed by atoms with Crippen molar-refractivity contribution in [3.05, 3.63) is 44.9 Å². The highest BCUT2D eigenvalue weighted by Gasteiger charge is 2.12. The highest BCUT2D eigenvalue weighted by molar-refractivity contribution is 14.1. The van der Waals surface area contributed by atoms with Gasteiger partial charge in [-0.3, -0.25) is 0 Å². The van der Waals surface area contributed by atoms with E-state index in [9.17, 15) is 13.2 Å². The lowest BCUT2D eigenvalue weighted by atomic mass is 10.2. The average Bonchev–Trinajstić information content (AvgIpc) is 2.58. The molecular formula is C10H7F3IN3. The average molecular weight is 353 g/mol. The Morgan fingerprint density at radius 1 is 1.24 bits per heavy atom. The van der Waals surface area contributed by atoms with Gasteiger partial charge >= 0.3 is 0 Å². The lowest BCUT2D eigenvalue weighted by Crippen LogP contribution is -2.07. The summed E-state index contributed by atoms with van der Waals surface area (Å²) in [5.41, 5.74) is 5.94. The first-order valence-corrected chi connectivity index (χ1v) is 5.67. The van der Waals surface area contributed by atoms with E-state index >= 15 is 0 Å². The van der Waals surface area contributed by atoms with Gasteiger partial charge in [0.15, 0.2) is 17.5 Å². The fourth-order valence-electron chi connectivity index (χ4n) is 1.37. The van der Waals surface area contributed by atoms with Gasteiger partial charge in [0.25, 0.3) is 0 Å². The number of nitrogen functional groups attached to an aromatic ring is 1. The summed E-state index contributed by atoms with van der Waals surface area (Å²) in [6.45, 7) is 0.0863. The predicted molar refractivity (Wildman–Crippen MR) is 64.8 cm³/mol. The van der Waals surface area contributed by atoms with Crippen LogP contribution >= 0.6 is 22.6 Å². The summed E-state index contributed by atoms with van der Waals surface area (Å²) >= 11 is 1.99. The molecule has 0 unspecified atom stereocenters. The molecule has 0 aliphatic carbocycles. The van der Waals surface area contributed by atoms with Crippen LogP contribution in [-0.2, 0) is 6.54 Å². The van der Waals surface area contributed by atoms with E-state index in [-0.39, 0.29) is 12.1 Å². The van der Waals surface area contributed by atoms with Crippen LogP contribution in [0, 0.1) is 21.0 Å². The molecule has 7 heteroatoms. The van der Waals surface area contributed by atoms with Crippen molar-refractivity contribution in [3.8, 4) is 0 Å². The van der Waals surface area contributed by atoms with Gasteiger partial charge in [0, 0.05) is 0 Å².